The quantitative estimate of drug-likeness (QED) is 0.908. The molecule has 1 aromatic carbocycles. The zero-order chi connectivity index (χ0) is 13.3. The summed E-state index contributed by atoms with van der Waals surface area (Å²) in [7, 11) is 0. The van der Waals surface area contributed by atoms with E-state index in [-0.39, 0.29) is 5.41 Å². The lowest BCUT2D eigenvalue weighted by Gasteiger charge is -2.27. The zero-order valence-corrected chi connectivity index (χ0v) is 11.4. The Morgan fingerprint density at radius 3 is 2.42 bits per heavy atom. The van der Waals surface area contributed by atoms with E-state index in [0.29, 0.717) is 10.7 Å². The van der Waals surface area contributed by atoms with Crippen LogP contribution in [0.5, 0.6) is 0 Å². The van der Waals surface area contributed by atoms with Crippen LogP contribution in [0.25, 0.3) is 0 Å². The van der Waals surface area contributed by atoms with Gasteiger partial charge in [0.05, 0.1) is 17.3 Å². The average molecular weight is 269 g/mol. The third kappa shape index (κ3) is 2.00. The van der Waals surface area contributed by atoms with Gasteiger partial charge in [0.25, 0.3) is 0 Å². The Balaban J connectivity index is 2.07. The SMILES string of the molecule is N#Cc1ccc(C2(c3csc(N)n3)CCCC2)cc1. The van der Waals surface area contributed by atoms with E-state index >= 15 is 0 Å². The van der Waals surface area contributed by atoms with Gasteiger partial charge in [0, 0.05) is 10.8 Å². The van der Waals surface area contributed by atoms with E-state index in [2.05, 4.69) is 28.6 Å². The average Bonchev–Trinajstić information content (AvgIpc) is 3.08. The number of hydrogen-bond acceptors (Lipinski definition) is 4. The molecule has 19 heavy (non-hydrogen) atoms. The highest BCUT2D eigenvalue weighted by molar-refractivity contribution is 7.13. The molecule has 1 aliphatic rings. The van der Waals surface area contributed by atoms with Crippen LogP contribution >= 0.6 is 11.3 Å². The maximum absolute atomic E-state index is 8.90. The van der Waals surface area contributed by atoms with Crippen molar-refractivity contribution >= 4 is 16.5 Å². The summed E-state index contributed by atoms with van der Waals surface area (Å²) in [6, 6.07) is 10.1. The normalized spacial score (nSPS) is 17.2. The monoisotopic (exact) mass is 269 g/mol. The van der Waals surface area contributed by atoms with Crippen LogP contribution in [0.3, 0.4) is 0 Å². The van der Waals surface area contributed by atoms with E-state index in [9.17, 15) is 0 Å². The topological polar surface area (TPSA) is 62.7 Å². The van der Waals surface area contributed by atoms with Crippen LogP contribution in [0.4, 0.5) is 5.13 Å². The summed E-state index contributed by atoms with van der Waals surface area (Å²) in [6.07, 6.45) is 4.67. The highest BCUT2D eigenvalue weighted by Gasteiger charge is 2.39. The van der Waals surface area contributed by atoms with Crippen molar-refractivity contribution in [3.05, 3.63) is 46.5 Å². The minimum absolute atomic E-state index is 0.00209. The number of nitrogen functional groups attached to an aromatic ring is 1. The van der Waals surface area contributed by atoms with Crippen molar-refractivity contribution in [2.45, 2.75) is 31.1 Å². The molecule has 0 unspecified atom stereocenters. The maximum atomic E-state index is 8.90. The minimum Gasteiger partial charge on any atom is -0.375 e. The first-order valence-electron chi connectivity index (χ1n) is 6.47. The molecule has 0 amide bonds. The molecule has 3 nitrogen and oxygen atoms in total. The zero-order valence-electron chi connectivity index (χ0n) is 10.6. The summed E-state index contributed by atoms with van der Waals surface area (Å²) in [6.45, 7) is 0. The van der Waals surface area contributed by atoms with Crippen molar-refractivity contribution in [3.8, 4) is 6.07 Å². The summed E-state index contributed by atoms with van der Waals surface area (Å²) < 4.78 is 0. The molecular formula is C15H15N3S. The lowest BCUT2D eigenvalue weighted by Crippen LogP contribution is -2.24. The van der Waals surface area contributed by atoms with Crippen LogP contribution in [0.1, 0.15) is 42.5 Å². The summed E-state index contributed by atoms with van der Waals surface area (Å²) in [4.78, 5) is 4.52. The van der Waals surface area contributed by atoms with Gasteiger partial charge in [0.2, 0.25) is 0 Å². The largest absolute Gasteiger partial charge is 0.375 e. The van der Waals surface area contributed by atoms with Crippen LogP contribution in [0, 0.1) is 11.3 Å². The molecule has 3 rings (SSSR count). The van der Waals surface area contributed by atoms with Gasteiger partial charge in [-0.3, -0.25) is 0 Å². The molecule has 2 N–H and O–H groups in total. The van der Waals surface area contributed by atoms with Gasteiger partial charge in [-0.15, -0.1) is 11.3 Å². The molecule has 0 aliphatic heterocycles. The predicted molar refractivity (Wildman–Crippen MR) is 76.9 cm³/mol. The lowest BCUT2D eigenvalue weighted by molar-refractivity contribution is 0.522. The fourth-order valence-electron chi connectivity index (χ4n) is 3.04. The second kappa shape index (κ2) is 4.67. The van der Waals surface area contributed by atoms with Crippen molar-refractivity contribution in [2.75, 3.05) is 5.73 Å². The first-order valence-corrected chi connectivity index (χ1v) is 7.35. The van der Waals surface area contributed by atoms with Crippen molar-refractivity contribution in [1.29, 1.82) is 5.26 Å². The number of nitrogens with two attached hydrogens (primary N) is 1. The van der Waals surface area contributed by atoms with E-state index < -0.39 is 0 Å². The molecule has 1 heterocycles. The molecule has 4 heteroatoms. The van der Waals surface area contributed by atoms with E-state index in [4.69, 9.17) is 11.0 Å². The molecule has 0 radical (unpaired) electrons. The third-order valence-electron chi connectivity index (χ3n) is 4.04. The summed E-state index contributed by atoms with van der Waals surface area (Å²) >= 11 is 1.51. The van der Waals surface area contributed by atoms with Gasteiger partial charge in [-0.2, -0.15) is 5.26 Å². The van der Waals surface area contributed by atoms with Gasteiger partial charge in [-0.05, 0) is 30.5 Å². The molecule has 96 valence electrons. The lowest BCUT2D eigenvalue weighted by atomic mass is 9.76. The Morgan fingerprint density at radius 2 is 1.89 bits per heavy atom. The number of anilines is 1. The molecule has 2 aromatic rings. The number of rotatable bonds is 2. The number of thiazole rings is 1. The van der Waals surface area contributed by atoms with E-state index in [1.807, 2.05) is 12.1 Å². The fraction of sp³-hybridized carbons (Fsp3) is 0.333. The van der Waals surface area contributed by atoms with Crippen LogP contribution < -0.4 is 5.73 Å². The molecule has 1 fully saturated rings. The Bertz CT molecular complexity index is 616. The maximum Gasteiger partial charge on any atom is 0.180 e. The number of nitrogens with zero attached hydrogens (tertiary/aromatic N) is 2. The second-order valence-electron chi connectivity index (χ2n) is 5.05. The summed E-state index contributed by atoms with van der Waals surface area (Å²) in [5.41, 5.74) is 8.85. The number of nitriles is 1. The Labute approximate surface area is 116 Å². The van der Waals surface area contributed by atoms with Crippen molar-refractivity contribution in [1.82, 2.24) is 4.98 Å². The van der Waals surface area contributed by atoms with Crippen LogP contribution in [0.2, 0.25) is 0 Å². The molecule has 0 bridgehead atoms. The van der Waals surface area contributed by atoms with Crippen molar-refractivity contribution in [3.63, 3.8) is 0 Å². The minimum atomic E-state index is 0.00209. The highest BCUT2D eigenvalue weighted by atomic mass is 32.1. The molecule has 0 atom stereocenters. The highest BCUT2D eigenvalue weighted by Crippen LogP contribution is 2.46. The van der Waals surface area contributed by atoms with E-state index in [0.717, 1.165) is 18.5 Å². The van der Waals surface area contributed by atoms with Gasteiger partial charge in [-0.25, -0.2) is 4.98 Å². The molecule has 0 spiro atoms. The van der Waals surface area contributed by atoms with Gasteiger partial charge < -0.3 is 5.73 Å². The van der Waals surface area contributed by atoms with E-state index in [1.165, 1.54) is 29.7 Å². The Hall–Kier alpha value is -1.86. The molecule has 1 aliphatic carbocycles. The van der Waals surface area contributed by atoms with Crippen molar-refractivity contribution < 1.29 is 0 Å². The fourth-order valence-corrected chi connectivity index (χ4v) is 3.70. The van der Waals surface area contributed by atoms with Crippen LogP contribution in [-0.2, 0) is 5.41 Å². The van der Waals surface area contributed by atoms with Crippen molar-refractivity contribution in [2.24, 2.45) is 0 Å². The third-order valence-corrected chi connectivity index (χ3v) is 4.71. The first kappa shape index (κ1) is 12.2. The number of aromatic nitrogens is 1. The summed E-state index contributed by atoms with van der Waals surface area (Å²) in [5, 5.41) is 11.6. The smallest absolute Gasteiger partial charge is 0.180 e. The number of benzene rings is 1. The van der Waals surface area contributed by atoms with Crippen LogP contribution in [0.15, 0.2) is 29.6 Å². The molecule has 1 saturated carbocycles. The predicted octanol–water partition coefficient (Wildman–Crippen LogP) is 3.46. The Kier molecular flexibility index (Phi) is 3.00. The first-order chi connectivity index (χ1) is 9.24. The summed E-state index contributed by atoms with van der Waals surface area (Å²) in [5.74, 6) is 0. The Morgan fingerprint density at radius 1 is 1.21 bits per heavy atom. The molecule has 0 saturated heterocycles. The van der Waals surface area contributed by atoms with E-state index in [1.54, 1.807) is 0 Å². The second-order valence-corrected chi connectivity index (χ2v) is 5.94. The molecular weight excluding hydrogens is 254 g/mol. The van der Waals surface area contributed by atoms with Crippen LogP contribution in [-0.4, -0.2) is 4.98 Å². The van der Waals surface area contributed by atoms with Gasteiger partial charge in [-0.1, -0.05) is 25.0 Å². The van der Waals surface area contributed by atoms with Gasteiger partial charge in [0.1, 0.15) is 0 Å². The standard InChI is InChI=1S/C15H15N3S/c16-9-11-3-5-12(6-4-11)15(7-1-2-8-15)13-10-19-14(17)18-13/h3-6,10H,1-2,7-8H2,(H2,17,18). The van der Waals surface area contributed by atoms with Gasteiger partial charge in [0.15, 0.2) is 5.13 Å². The molecule has 1 aromatic heterocycles. The number of hydrogen-bond donors (Lipinski definition) is 1. The van der Waals surface area contributed by atoms with Gasteiger partial charge >= 0.3 is 0 Å².